The second kappa shape index (κ2) is 16.4. The number of hydrogen-bond acceptors (Lipinski definition) is 2. The summed E-state index contributed by atoms with van der Waals surface area (Å²) in [4.78, 5) is 10.8. The summed E-state index contributed by atoms with van der Waals surface area (Å²) in [6.07, 6.45) is 12.5. The molecule has 0 aromatic heterocycles. The van der Waals surface area contributed by atoms with Crippen LogP contribution in [0.5, 0.6) is 0 Å². The molecule has 0 bridgehead atoms. The van der Waals surface area contributed by atoms with Crippen molar-refractivity contribution in [2.24, 2.45) is 0 Å². The number of aliphatic hydroxyl groups is 1. The summed E-state index contributed by atoms with van der Waals surface area (Å²) in [6, 6.07) is -0.804. The van der Waals surface area contributed by atoms with E-state index in [1.54, 1.807) is 0 Å². The SMILES string of the molecule is CCCCCCCCCCCCCCCCC(CO)NC(=O)C(F)(F)F. The van der Waals surface area contributed by atoms with Crippen LogP contribution in [-0.4, -0.2) is 29.8 Å². The van der Waals surface area contributed by atoms with E-state index in [9.17, 15) is 18.0 Å². The van der Waals surface area contributed by atoms with Gasteiger partial charge < -0.3 is 10.4 Å². The number of rotatable bonds is 17. The second-order valence-electron chi connectivity index (χ2n) is 7.24. The van der Waals surface area contributed by atoms with E-state index in [1.807, 2.05) is 5.32 Å². The minimum absolute atomic E-state index is 0.385. The maximum atomic E-state index is 12.2. The van der Waals surface area contributed by atoms with Gasteiger partial charge in [0.15, 0.2) is 0 Å². The first-order valence-electron chi connectivity index (χ1n) is 10.4. The molecule has 0 saturated carbocycles. The third kappa shape index (κ3) is 15.5. The molecule has 156 valence electrons. The molecule has 2 N–H and O–H groups in total. The first kappa shape index (κ1) is 25.2. The lowest BCUT2D eigenvalue weighted by atomic mass is 10.0. The maximum absolute atomic E-state index is 12.2. The van der Waals surface area contributed by atoms with Gasteiger partial charge in [-0.05, 0) is 6.42 Å². The van der Waals surface area contributed by atoms with Gasteiger partial charge in [-0.2, -0.15) is 13.2 Å². The molecule has 0 heterocycles. The van der Waals surface area contributed by atoms with Crippen LogP contribution in [-0.2, 0) is 4.79 Å². The van der Waals surface area contributed by atoms with Crippen LogP contribution in [0.2, 0.25) is 0 Å². The molecular weight excluding hydrogens is 343 g/mol. The third-order valence-corrected chi connectivity index (χ3v) is 4.72. The van der Waals surface area contributed by atoms with E-state index in [-0.39, 0.29) is 0 Å². The lowest BCUT2D eigenvalue weighted by Gasteiger charge is -2.17. The van der Waals surface area contributed by atoms with Crippen molar-refractivity contribution in [3.8, 4) is 0 Å². The lowest BCUT2D eigenvalue weighted by Crippen LogP contribution is -2.44. The topological polar surface area (TPSA) is 49.3 Å². The van der Waals surface area contributed by atoms with Crippen molar-refractivity contribution in [3.63, 3.8) is 0 Å². The molecule has 0 radical (unpaired) electrons. The zero-order valence-electron chi connectivity index (χ0n) is 16.4. The number of unbranched alkanes of at least 4 members (excludes halogenated alkanes) is 13. The van der Waals surface area contributed by atoms with Crippen LogP contribution in [0.25, 0.3) is 0 Å². The molecule has 0 aliphatic carbocycles. The van der Waals surface area contributed by atoms with Crippen molar-refractivity contribution in [2.75, 3.05) is 6.61 Å². The van der Waals surface area contributed by atoms with Crippen molar-refractivity contribution in [3.05, 3.63) is 0 Å². The van der Waals surface area contributed by atoms with Crippen LogP contribution in [0.15, 0.2) is 0 Å². The number of hydrogen-bond donors (Lipinski definition) is 2. The minimum Gasteiger partial charge on any atom is -0.394 e. The molecule has 0 aliphatic heterocycles. The molecule has 0 rings (SSSR count). The molecule has 1 amide bonds. The van der Waals surface area contributed by atoms with Crippen LogP contribution >= 0.6 is 0 Å². The van der Waals surface area contributed by atoms with Gasteiger partial charge in [0.05, 0.1) is 12.6 Å². The fourth-order valence-corrected chi connectivity index (χ4v) is 3.06. The van der Waals surface area contributed by atoms with Crippen LogP contribution in [0.3, 0.4) is 0 Å². The van der Waals surface area contributed by atoms with Gasteiger partial charge in [0.1, 0.15) is 0 Å². The van der Waals surface area contributed by atoms with Gasteiger partial charge in [0.25, 0.3) is 0 Å². The summed E-state index contributed by atoms with van der Waals surface area (Å²) < 4.78 is 36.5. The molecule has 0 fully saturated rings. The Bertz CT molecular complexity index is 336. The highest BCUT2D eigenvalue weighted by atomic mass is 19.4. The summed E-state index contributed by atoms with van der Waals surface area (Å²) in [5.41, 5.74) is 0. The molecule has 26 heavy (non-hydrogen) atoms. The van der Waals surface area contributed by atoms with Crippen molar-refractivity contribution in [1.29, 1.82) is 0 Å². The van der Waals surface area contributed by atoms with Crippen LogP contribution in [0, 0.1) is 0 Å². The van der Waals surface area contributed by atoms with Crippen molar-refractivity contribution < 1.29 is 23.1 Å². The van der Waals surface area contributed by atoms with E-state index in [0.717, 1.165) is 25.7 Å². The van der Waals surface area contributed by atoms with E-state index < -0.39 is 24.7 Å². The predicted molar refractivity (Wildman–Crippen MR) is 100 cm³/mol. The van der Waals surface area contributed by atoms with E-state index >= 15 is 0 Å². The van der Waals surface area contributed by atoms with Gasteiger partial charge in [-0.15, -0.1) is 0 Å². The average Bonchev–Trinajstić information content (AvgIpc) is 2.59. The summed E-state index contributed by atoms with van der Waals surface area (Å²) in [5.74, 6) is -1.97. The van der Waals surface area contributed by atoms with Crippen LogP contribution < -0.4 is 5.32 Å². The Hall–Kier alpha value is -0.780. The van der Waals surface area contributed by atoms with Gasteiger partial charge in [-0.1, -0.05) is 96.8 Å². The minimum atomic E-state index is -4.89. The van der Waals surface area contributed by atoms with E-state index in [0.29, 0.717) is 6.42 Å². The Morgan fingerprint density at radius 2 is 1.19 bits per heavy atom. The lowest BCUT2D eigenvalue weighted by molar-refractivity contribution is -0.174. The maximum Gasteiger partial charge on any atom is 0.471 e. The van der Waals surface area contributed by atoms with Crippen LogP contribution in [0.1, 0.15) is 103 Å². The first-order chi connectivity index (χ1) is 12.4. The number of halogens is 3. The zero-order valence-corrected chi connectivity index (χ0v) is 16.4. The van der Waals surface area contributed by atoms with Crippen LogP contribution in [0.4, 0.5) is 13.2 Å². The van der Waals surface area contributed by atoms with Gasteiger partial charge >= 0.3 is 12.1 Å². The molecule has 0 aromatic rings. The highest BCUT2D eigenvalue weighted by Crippen LogP contribution is 2.16. The molecule has 1 unspecified atom stereocenters. The molecule has 3 nitrogen and oxygen atoms in total. The van der Waals surface area contributed by atoms with E-state index in [1.165, 1.54) is 64.2 Å². The average molecular weight is 382 g/mol. The molecule has 1 atom stereocenters. The van der Waals surface area contributed by atoms with Crippen molar-refractivity contribution in [1.82, 2.24) is 5.32 Å². The summed E-state index contributed by atoms with van der Waals surface area (Å²) in [6.45, 7) is 1.77. The van der Waals surface area contributed by atoms with Crippen molar-refractivity contribution in [2.45, 2.75) is 115 Å². The van der Waals surface area contributed by atoms with E-state index in [2.05, 4.69) is 6.92 Å². The number of carbonyl (C=O) groups excluding carboxylic acids is 1. The quantitative estimate of drug-likeness (QED) is 0.308. The molecule has 0 aromatic carbocycles. The number of nitrogens with one attached hydrogen (secondary N) is 1. The predicted octanol–water partition coefficient (Wildman–Crippen LogP) is 5.90. The summed E-state index contributed by atoms with van der Waals surface area (Å²) >= 11 is 0. The Kier molecular flexibility index (Phi) is 15.9. The Morgan fingerprint density at radius 3 is 1.54 bits per heavy atom. The normalized spacial score (nSPS) is 13.0. The molecule has 0 aliphatic rings. The van der Waals surface area contributed by atoms with Gasteiger partial charge in [0, 0.05) is 0 Å². The zero-order chi connectivity index (χ0) is 19.7. The second-order valence-corrected chi connectivity index (χ2v) is 7.24. The molecular formula is C20H38F3NO2. The molecule has 0 saturated heterocycles. The monoisotopic (exact) mass is 381 g/mol. The number of carbonyl (C=O) groups is 1. The van der Waals surface area contributed by atoms with E-state index in [4.69, 9.17) is 5.11 Å². The summed E-state index contributed by atoms with van der Waals surface area (Å²) in [7, 11) is 0. The molecule has 6 heteroatoms. The van der Waals surface area contributed by atoms with Gasteiger partial charge in [0.2, 0.25) is 0 Å². The fraction of sp³-hybridized carbons (Fsp3) is 0.950. The third-order valence-electron chi connectivity index (χ3n) is 4.72. The smallest absolute Gasteiger partial charge is 0.394 e. The highest BCUT2D eigenvalue weighted by Gasteiger charge is 2.39. The molecule has 0 spiro atoms. The standard InChI is InChI=1S/C20H38F3NO2/c1-2-3-4-5-6-7-8-9-10-11-12-13-14-15-16-18(17-25)24-19(26)20(21,22)23/h18,25H,2-17H2,1H3,(H,24,26). The Balaban J connectivity index is 3.40. The van der Waals surface area contributed by atoms with Gasteiger partial charge in [-0.3, -0.25) is 4.79 Å². The van der Waals surface area contributed by atoms with Gasteiger partial charge in [-0.25, -0.2) is 0 Å². The number of amides is 1. The number of alkyl halides is 3. The Labute approximate surface area is 157 Å². The van der Waals surface area contributed by atoms with Crippen molar-refractivity contribution >= 4 is 5.91 Å². The first-order valence-corrected chi connectivity index (χ1v) is 10.4. The largest absolute Gasteiger partial charge is 0.471 e. The fourth-order valence-electron chi connectivity index (χ4n) is 3.06. The highest BCUT2D eigenvalue weighted by molar-refractivity contribution is 5.81. The Morgan fingerprint density at radius 1 is 0.808 bits per heavy atom. The number of aliphatic hydroxyl groups excluding tert-OH is 1. The summed E-state index contributed by atoms with van der Waals surface area (Å²) in [5, 5.41) is 10.9.